The maximum atomic E-state index is 5.79. The summed E-state index contributed by atoms with van der Waals surface area (Å²) >= 11 is 5.79. The number of hydrogen-bond acceptors (Lipinski definition) is 1. The molecule has 0 bridgehead atoms. The number of hydrogen-bond donors (Lipinski definition) is 0. The second-order valence-electron chi connectivity index (χ2n) is 4.32. The van der Waals surface area contributed by atoms with E-state index in [0.29, 0.717) is 0 Å². The molecule has 0 saturated carbocycles. The van der Waals surface area contributed by atoms with Gasteiger partial charge in [0.25, 0.3) is 0 Å². The van der Waals surface area contributed by atoms with Crippen molar-refractivity contribution in [2.75, 3.05) is 6.61 Å². The Labute approximate surface area is 104 Å². The molecule has 0 aliphatic rings. The van der Waals surface area contributed by atoms with Gasteiger partial charge in [-0.3, -0.25) is 0 Å². The fraction of sp³-hybridized carbons (Fsp3) is 0.500. The first-order valence-electron chi connectivity index (χ1n) is 5.86. The SMILES string of the molecule is C[C](C)CCCCCOc1ccc(Cl)cc1. The fourth-order valence-electron chi connectivity index (χ4n) is 1.48. The van der Waals surface area contributed by atoms with Crippen molar-refractivity contribution in [3.05, 3.63) is 35.2 Å². The minimum absolute atomic E-state index is 0.751. The Kier molecular flexibility index (Phi) is 6.32. The summed E-state index contributed by atoms with van der Waals surface area (Å²) in [7, 11) is 0. The quantitative estimate of drug-likeness (QED) is 0.616. The van der Waals surface area contributed by atoms with Gasteiger partial charge in [-0.25, -0.2) is 0 Å². The van der Waals surface area contributed by atoms with Crippen LogP contribution in [0.3, 0.4) is 0 Å². The van der Waals surface area contributed by atoms with Crippen molar-refractivity contribution in [1.82, 2.24) is 0 Å². The maximum absolute atomic E-state index is 5.79. The Hall–Kier alpha value is -0.690. The van der Waals surface area contributed by atoms with Crippen LogP contribution in [0.5, 0.6) is 5.75 Å². The van der Waals surface area contributed by atoms with E-state index in [1.165, 1.54) is 25.2 Å². The molecule has 0 atom stereocenters. The zero-order valence-corrected chi connectivity index (χ0v) is 10.9. The molecular weight excluding hydrogens is 220 g/mol. The predicted molar refractivity (Wildman–Crippen MR) is 70.0 cm³/mol. The van der Waals surface area contributed by atoms with Crippen molar-refractivity contribution in [3.63, 3.8) is 0 Å². The van der Waals surface area contributed by atoms with Crippen LogP contribution in [0.4, 0.5) is 0 Å². The van der Waals surface area contributed by atoms with Gasteiger partial charge in [0.15, 0.2) is 0 Å². The molecule has 0 unspecified atom stereocenters. The third-order valence-corrected chi connectivity index (χ3v) is 2.66. The lowest BCUT2D eigenvalue weighted by Crippen LogP contribution is -1.97. The first kappa shape index (κ1) is 13.4. The molecule has 1 aromatic rings. The summed E-state index contributed by atoms with van der Waals surface area (Å²) in [5.41, 5.74) is 0. The van der Waals surface area contributed by atoms with Gasteiger partial charge >= 0.3 is 0 Å². The molecule has 0 spiro atoms. The molecule has 0 heterocycles. The van der Waals surface area contributed by atoms with Crippen LogP contribution in [0.25, 0.3) is 0 Å². The second kappa shape index (κ2) is 7.56. The molecule has 1 aromatic carbocycles. The predicted octanol–water partition coefficient (Wildman–Crippen LogP) is 4.89. The lowest BCUT2D eigenvalue weighted by Gasteiger charge is -2.06. The summed E-state index contributed by atoms with van der Waals surface area (Å²) in [5, 5.41) is 0.751. The number of benzene rings is 1. The van der Waals surface area contributed by atoms with Gasteiger partial charge < -0.3 is 4.74 Å². The third kappa shape index (κ3) is 6.02. The molecule has 0 aliphatic heterocycles. The number of halogens is 1. The van der Waals surface area contributed by atoms with E-state index in [1.54, 1.807) is 0 Å². The lowest BCUT2D eigenvalue weighted by molar-refractivity contribution is 0.305. The van der Waals surface area contributed by atoms with E-state index in [0.717, 1.165) is 23.8 Å². The molecule has 16 heavy (non-hydrogen) atoms. The highest BCUT2D eigenvalue weighted by atomic mass is 35.5. The molecule has 1 radical (unpaired) electrons. The molecule has 1 rings (SSSR count). The van der Waals surface area contributed by atoms with E-state index >= 15 is 0 Å². The minimum atomic E-state index is 0.751. The molecule has 0 aliphatic carbocycles. The van der Waals surface area contributed by atoms with Crippen LogP contribution in [-0.4, -0.2) is 6.61 Å². The topological polar surface area (TPSA) is 9.23 Å². The zero-order valence-electron chi connectivity index (χ0n) is 10.1. The van der Waals surface area contributed by atoms with Gasteiger partial charge in [0.05, 0.1) is 6.61 Å². The lowest BCUT2D eigenvalue weighted by atomic mass is 10.1. The van der Waals surface area contributed by atoms with E-state index in [1.807, 2.05) is 24.3 Å². The van der Waals surface area contributed by atoms with E-state index in [4.69, 9.17) is 16.3 Å². The van der Waals surface area contributed by atoms with Crippen molar-refractivity contribution in [3.8, 4) is 5.75 Å². The van der Waals surface area contributed by atoms with Gasteiger partial charge in [0.1, 0.15) is 5.75 Å². The van der Waals surface area contributed by atoms with Gasteiger partial charge in [0.2, 0.25) is 0 Å². The first-order valence-corrected chi connectivity index (χ1v) is 6.23. The average Bonchev–Trinajstić information content (AvgIpc) is 2.25. The highest BCUT2D eigenvalue weighted by molar-refractivity contribution is 6.30. The molecule has 0 N–H and O–H groups in total. The highest BCUT2D eigenvalue weighted by Gasteiger charge is 1.96. The monoisotopic (exact) mass is 239 g/mol. The van der Waals surface area contributed by atoms with E-state index < -0.39 is 0 Å². The van der Waals surface area contributed by atoms with Crippen LogP contribution in [0, 0.1) is 5.92 Å². The molecule has 0 amide bonds. The second-order valence-corrected chi connectivity index (χ2v) is 4.76. The Bertz CT molecular complexity index is 279. The Morgan fingerprint density at radius 3 is 2.38 bits per heavy atom. The van der Waals surface area contributed by atoms with Gasteiger partial charge in [-0.15, -0.1) is 0 Å². The molecule has 0 aromatic heterocycles. The maximum Gasteiger partial charge on any atom is 0.119 e. The molecular formula is C14H20ClO. The van der Waals surface area contributed by atoms with Gasteiger partial charge in [-0.1, -0.05) is 38.3 Å². The molecule has 2 heteroatoms. The van der Waals surface area contributed by atoms with E-state index in [9.17, 15) is 0 Å². The minimum Gasteiger partial charge on any atom is -0.494 e. The summed E-state index contributed by atoms with van der Waals surface area (Å²) in [5.74, 6) is 2.42. The van der Waals surface area contributed by atoms with E-state index in [-0.39, 0.29) is 0 Å². The van der Waals surface area contributed by atoms with Gasteiger partial charge in [0, 0.05) is 5.02 Å². The summed E-state index contributed by atoms with van der Waals surface area (Å²) in [6.07, 6.45) is 4.86. The molecule has 0 saturated heterocycles. The van der Waals surface area contributed by atoms with E-state index in [2.05, 4.69) is 13.8 Å². The van der Waals surface area contributed by atoms with Crippen molar-refractivity contribution in [2.24, 2.45) is 0 Å². The number of rotatable bonds is 7. The van der Waals surface area contributed by atoms with Crippen molar-refractivity contribution in [1.29, 1.82) is 0 Å². The van der Waals surface area contributed by atoms with Crippen LogP contribution >= 0.6 is 11.6 Å². The standard InChI is InChI=1S/C14H20ClO/c1-12(2)6-4-3-5-11-16-14-9-7-13(15)8-10-14/h7-10H,3-6,11H2,1-2H3. The van der Waals surface area contributed by atoms with Crippen LogP contribution in [0.2, 0.25) is 5.02 Å². The zero-order chi connectivity index (χ0) is 11.8. The average molecular weight is 240 g/mol. The summed E-state index contributed by atoms with van der Waals surface area (Å²) in [6.45, 7) is 5.17. The number of unbranched alkanes of at least 4 members (excludes halogenated alkanes) is 2. The Morgan fingerprint density at radius 2 is 1.75 bits per heavy atom. The molecule has 1 nitrogen and oxygen atoms in total. The van der Waals surface area contributed by atoms with Crippen LogP contribution < -0.4 is 4.74 Å². The smallest absolute Gasteiger partial charge is 0.119 e. The first-order chi connectivity index (χ1) is 7.68. The molecule has 0 fully saturated rings. The Morgan fingerprint density at radius 1 is 1.06 bits per heavy atom. The highest BCUT2D eigenvalue weighted by Crippen LogP contribution is 2.16. The largest absolute Gasteiger partial charge is 0.494 e. The van der Waals surface area contributed by atoms with Crippen LogP contribution in [0.15, 0.2) is 24.3 Å². The summed E-state index contributed by atoms with van der Waals surface area (Å²) in [6, 6.07) is 7.52. The third-order valence-electron chi connectivity index (χ3n) is 2.40. The Balaban J connectivity index is 2.05. The van der Waals surface area contributed by atoms with Crippen LogP contribution in [-0.2, 0) is 0 Å². The summed E-state index contributed by atoms with van der Waals surface area (Å²) in [4.78, 5) is 0. The fourth-order valence-corrected chi connectivity index (χ4v) is 1.60. The van der Waals surface area contributed by atoms with Gasteiger partial charge in [-0.05, 0) is 43.0 Å². The van der Waals surface area contributed by atoms with Crippen LogP contribution in [0.1, 0.15) is 39.5 Å². The normalized spacial score (nSPS) is 10.8. The van der Waals surface area contributed by atoms with Crippen molar-refractivity contribution < 1.29 is 4.74 Å². The molecule has 89 valence electrons. The van der Waals surface area contributed by atoms with Crippen molar-refractivity contribution in [2.45, 2.75) is 39.5 Å². The summed E-state index contributed by atoms with van der Waals surface area (Å²) < 4.78 is 5.60. The number of ether oxygens (including phenoxy) is 1. The van der Waals surface area contributed by atoms with Crippen molar-refractivity contribution >= 4 is 11.6 Å². The van der Waals surface area contributed by atoms with Gasteiger partial charge in [-0.2, -0.15) is 0 Å².